The normalized spacial score (nSPS) is 17.2. The summed E-state index contributed by atoms with van der Waals surface area (Å²) in [6.45, 7) is 4.10. The summed E-state index contributed by atoms with van der Waals surface area (Å²) in [4.78, 5) is 49.0. The van der Waals surface area contributed by atoms with Crippen molar-refractivity contribution in [3.63, 3.8) is 0 Å². The largest absolute Gasteiger partial charge is 0.474 e. The number of para-hydroxylation sites is 2. The molecule has 29 heavy (non-hydrogen) atoms. The number of esters is 1. The van der Waals surface area contributed by atoms with E-state index in [0.717, 1.165) is 6.42 Å². The molecule has 2 unspecified atom stereocenters. The molecule has 0 saturated carbocycles. The quantitative estimate of drug-likeness (QED) is 0.284. The summed E-state index contributed by atoms with van der Waals surface area (Å²) in [6, 6.07) is 4.71. The van der Waals surface area contributed by atoms with Gasteiger partial charge in [0.15, 0.2) is 11.9 Å². The molecule has 1 saturated heterocycles. The number of piperazine rings is 1. The van der Waals surface area contributed by atoms with E-state index in [4.69, 9.17) is 9.47 Å². The zero-order valence-electron chi connectivity index (χ0n) is 16.5. The fourth-order valence-electron chi connectivity index (χ4n) is 2.91. The third-order valence-electron chi connectivity index (χ3n) is 4.45. The Morgan fingerprint density at radius 1 is 1.38 bits per heavy atom. The summed E-state index contributed by atoms with van der Waals surface area (Å²) in [7, 11) is 0. The lowest BCUT2D eigenvalue weighted by atomic mass is 10.1. The highest BCUT2D eigenvalue weighted by molar-refractivity contribution is 5.93. The van der Waals surface area contributed by atoms with E-state index in [1.54, 1.807) is 6.07 Å². The van der Waals surface area contributed by atoms with Gasteiger partial charge in [-0.15, -0.1) is 0 Å². The lowest BCUT2D eigenvalue weighted by Crippen LogP contribution is -2.60. The van der Waals surface area contributed by atoms with Crippen molar-refractivity contribution in [2.75, 3.05) is 19.7 Å². The fraction of sp³-hybridized carbons (Fsp3) is 0.526. The van der Waals surface area contributed by atoms with Crippen LogP contribution in [-0.2, 0) is 19.1 Å². The highest BCUT2D eigenvalue weighted by Gasteiger charge is 2.37. The number of carbonyl (C=O) groups is 3. The minimum absolute atomic E-state index is 0.0460. The van der Waals surface area contributed by atoms with Gasteiger partial charge in [-0.3, -0.25) is 24.5 Å². The third kappa shape index (κ3) is 5.90. The van der Waals surface area contributed by atoms with Crippen LogP contribution in [0.1, 0.15) is 33.1 Å². The summed E-state index contributed by atoms with van der Waals surface area (Å²) < 4.78 is 10.6. The van der Waals surface area contributed by atoms with Crippen LogP contribution in [0.2, 0.25) is 0 Å². The molecule has 2 atom stereocenters. The second kappa shape index (κ2) is 10.4. The molecular weight excluding hydrogens is 382 g/mol. The van der Waals surface area contributed by atoms with Crippen LogP contribution >= 0.6 is 0 Å². The molecule has 1 aliphatic heterocycles. The summed E-state index contributed by atoms with van der Waals surface area (Å²) in [5.74, 6) is -1.60. The number of nitrogens with zero attached hydrogens (tertiary/aromatic N) is 2. The molecule has 10 nitrogen and oxygen atoms in total. The maximum Gasteiger partial charge on any atom is 0.310 e. The number of hydrogen-bond acceptors (Lipinski definition) is 7. The molecule has 10 heteroatoms. The molecule has 2 amide bonds. The standard InChI is InChI=1S/C19H25N3O7/c1-3-4-11-28-17(23)12-15-18(24)20-9-10-21(15)19(25)13(2)29-16-8-6-5-7-14(16)22(26)27/h5-8,13,15H,3-4,9-12H2,1-2H3,(H,20,24). The van der Waals surface area contributed by atoms with Crippen molar-refractivity contribution < 1.29 is 28.8 Å². The van der Waals surface area contributed by atoms with Crippen LogP contribution in [0.25, 0.3) is 0 Å². The van der Waals surface area contributed by atoms with Gasteiger partial charge < -0.3 is 19.7 Å². The number of unbranched alkanes of at least 4 members (excludes halogenated alkanes) is 1. The predicted octanol–water partition coefficient (Wildman–Crippen LogP) is 1.42. The molecule has 1 heterocycles. The Balaban J connectivity index is 2.08. The highest BCUT2D eigenvalue weighted by Crippen LogP contribution is 2.27. The smallest absolute Gasteiger partial charge is 0.310 e. The average molecular weight is 407 g/mol. The summed E-state index contributed by atoms with van der Waals surface area (Å²) in [5.41, 5.74) is -0.264. The summed E-state index contributed by atoms with van der Waals surface area (Å²) in [5, 5.41) is 13.8. The molecule has 1 N–H and O–H groups in total. The van der Waals surface area contributed by atoms with Gasteiger partial charge in [-0.2, -0.15) is 0 Å². The van der Waals surface area contributed by atoms with Crippen molar-refractivity contribution in [3.8, 4) is 5.75 Å². The van der Waals surface area contributed by atoms with E-state index in [-0.39, 0.29) is 37.6 Å². The van der Waals surface area contributed by atoms with Crippen LogP contribution in [0, 0.1) is 10.1 Å². The van der Waals surface area contributed by atoms with Gasteiger partial charge in [0.05, 0.1) is 18.0 Å². The van der Waals surface area contributed by atoms with Gasteiger partial charge in [0.25, 0.3) is 5.91 Å². The molecule has 0 aromatic heterocycles. The van der Waals surface area contributed by atoms with Crippen LogP contribution in [0.4, 0.5) is 5.69 Å². The number of rotatable bonds is 9. The Morgan fingerprint density at radius 2 is 2.10 bits per heavy atom. The summed E-state index contributed by atoms with van der Waals surface area (Å²) >= 11 is 0. The number of carbonyl (C=O) groups excluding carboxylic acids is 3. The first kappa shape index (κ1) is 22.1. The van der Waals surface area contributed by atoms with E-state index >= 15 is 0 Å². The Kier molecular flexibility index (Phi) is 7.93. The Bertz CT molecular complexity index is 768. The molecule has 1 aromatic rings. The van der Waals surface area contributed by atoms with Gasteiger partial charge >= 0.3 is 11.7 Å². The van der Waals surface area contributed by atoms with Crippen molar-refractivity contribution in [1.29, 1.82) is 0 Å². The monoisotopic (exact) mass is 407 g/mol. The predicted molar refractivity (Wildman–Crippen MR) is 102 cm³/mol. The van der Waals surface area contributed by atoms with Gasteiger partial charge in [0.2, 0.25) is 5.91 Å². The minimum Gasteiger partial charge on any atom is -0.474 e. The fourth-order valence-corrected chi connectivity index (χ4v) is 2.91. The maximum absolute atomic E-state index is 12.9. The number of amides is 2. The van der Waals surface area contributed by atoms with Crippen LogP contribution in [0.3, 0.4) is 0 Å². The SMILES string of the molecule is CCCCOC(=O)CC1C(=O)NCCN1C(=O)C(C)Oc1ccccc1[N+](=O)[O-]. The summed E-state index contributed by atoms with van der Waals surface area (Å²) in [6.07, 6.45) is 0.230. The van der Waals surface area contributed by atoms with Gasteiger partial charge in [-0.1, -0.05) is 25.5 Å². The zero-order valence-corrected chi connectivity index (χ0v) is 16.5. The van der Waals surface area contributed by atoms with Crippen molar-refractivity contribution in [2.24, 2.45) is 0 Å². The molecule has 0 spiro atoms. The van der Waals surface area contributed by atoms with E-state index in [1.807, 2.05) is 6.92 Å². The average Bonchev–Trinajstić information content (AvgIpc) is 2.69. The molecule has 1 fully saturated rings. The number of benzene rings is 1. The number of nitro groups is 1. The van der Waals surface area contributed by atoms with Crippen LogP contribution in [0.5, 0.6) is 5.75 Å². The van der Waals surface area contributed by atoms with Gasteiger partial charge in [-0.25, -0.2) is 0 Å². The molecule has 0 radical (unpaired) electrons. The molecule has 1 aliphatic rings. The van der Waals surface area contributed by atoms with E-state index in [0.29, 0.717) is 6.42 Å². The van der Waals surface area contributed by atoms with Gasteiger partial charge in [0, 0.05) is 19.2 Å². The van der Waals surface area contributed by atoms with E-state index in [9.17, 15) is 24.5 Å². The molecular formula is C19H25N3O7. The third-order valence-corrected chi connectivity index (χ3v) is 4.45. The Labute approximate surface area is 168 Å². The number of nitro benzene ring substituents is 1. The van der Waals surface area contributed by atoms with Gasteiger partial charge in [-0.05, 0) is 19.4 Å². The van der Waals surface area contributed by atoms with Crippen molar-refractivity contribution in [1.82, 2.24) is 10.2 Å². The second-order valence-corrected chi connectivity index (χ2v) is 6.60. The first-order valence-electron chi connectivity index (χ1n) is 9.49. The van der Waals surface area contributed by atoms with Crippen LogP contribution < -0.4 is 10.1 Å². The molecule has 0 aliphatic carbocycles. The highest BCUT2D eigenvalue weighted by atomic mass is 16.6. The number of nitrogens with one attached hydrogen (secondary N) is 1. The van der Waals surface area contributed by atoms with E-state index < -0.39 is 34.9 Å². The first-order valence-corrected chi connectivity index (χ1v) is 9.49. The van der Waals surface area contributed by atoms with E-state index in [2.05, 4.69) is 5.32 Å². The number of ether oxygens (including phenoxy) is 2. The lowest BCUT2D eigenvalue weighted by molar-refractivity contribution is -0.386. The lowest BCUT2D eigenvalue weighted by Gasteiger charge is -2.35. The van der Waals surface area contributed by atoms with Crippen LogP contribution in [0.15, 0.2) is 24.3 Å². The number of hydrogen-bond donors (Lipinski definition) is 1. The van der Waals surface area contributed by atoms with E-state index in [1.165, 1.54) is 30.0 Å². The molecule has 1 aromatic carbocycles. The topological polar surface area (TPSA) is 128 Å². The minimum atomic E-state index is -1.08. The maximum atomic E-state index is 12.9. The Morgan fingerprint density at radius 3 is 2.79 bits per heavy atom. The van der Waals surface area contributed by atoms with Gasteiger partial charge in [0.1, 0.15) is 6.04 Å². The van der Waals surface area contributed by atoms with Crippen LogP contribution in [-0.4, -0.2) is 59.4 Å². The van der Waals surface area contributed by atoms with Crippen molar-refractivity contribution in [2.45, 2.75) is 45.3 Å². The Hall–Kier alpha value is -3.17. The molecule has 2 rings (SSSR count). The molecule has 158 valence electrons. The first-order chi connectivity index (χ1) is 13.8. The second-order valence-electron chi connectivity index (χ2n) is 6.60. The molecule has 0 bridgehead atoms. The zero-order chi connectivity index (χ0) is 21.4. The van der Waals surface area contributed by atoms with Crippen molar-refractivity contribution in [3.05, 3.63) is 34.4 Å². The van der Waals surface area contributed by atoms with Crippen molar-refractivity contribution >= 4 is 23.5 Å².